The predicted molar refractivity (Wildman–Crippen MR) is 172 cm³/mol. The summed E-state index contributed by atoms with van der Waals surface area (Å²) in [5.74, 6) is -1.49. The predicted octanol–water partition coefficient (Wildman–Crippen LogP) is 5.80. The standard InChI is InChI=1S/C33H40N6O4S/c1-21(2)18-25(36-33(43)39-16-10-4-5-11-17-39)31-37-28(29(44-31)24-20-38(3)27-14-7-6-13-23(24)27)30(40)35-26(32(41)42)19-22-12-8-9-15-34-22/h6-9,12-15,20-21,25-26H,4-5,10-11,16-19H2,1-3H3,(H,35,40)(H,36,43)(H,41,42)/t25-,26+/m0/s1. The highest BCUT2D eigenvalue weighted by Crippen LogP contribution is 2.39. The lowest BCUT2D eigenvalue weighted by atomic mass is 10.0. The van der Waals surface area contributed by atoms with Crippen molar-refractivity contribution in [2.75, 3.05) is 13.1 Å². The molecule has 0 unspecified atom stereocenters. The molecule has 10 nitrogen and oxygen atoms in total. The summed E-state index contributed by atoms with van der Waals surface area (Å²) in [6, 6.07) is 11.5. The summed E-state index contributed by atoms with van der Waals surface area (Å²) in [6.45, 7) is 5.62. The first-order valence-corrected chi connectivity index (χ1v) is 16.1. The van der Waals surface area contributed by atoms with E-state index in [0.29, 0.717) is 22.0 Å². The third-order valence-corrected chi connectivity index (χ3v) is 9.14. The van der Waals surface area contributed by atoms with E-state index in [1.54, 1.807) is 24.4 Å². The van der Waals surface area contributed by atoms with Crippen LogP contribution in [0.2, 0.25) is 0 Å². The number of thiazole rings is 1. The number of hydrogen-bond acceptors (Lipinski definition) is 6. The monoisotopic (exact) mass is 616 g/mol. The molecule has 232 valence electrons. The molecule has 3 N–H and O–H groups in total. The van der Waals surface area contributed by atoms with Crippen molar-refractivity contribution in [3.05, 3.63) is 71.3 Å². The molecule has 11 heteroatoms. The molecule has 0 saturated carbocycles. The van der Waals surface area contributed by atoms with E-state index in [2.05, 4.69) is 29.5 Å². The van der Waals surface area contributed by atoms with E-state index in [4.69, 9.17) is 4.98 Å². The Morgan fingerprint density at radius 3 is 2.41 bits per heavy atom. The van der Waals surface area contributed by atoms with Crippen molar-refractivity contribution < 1.29 is 19.5 Å². The van der Waals surface area contributed by atoms with Gasteiger partial charge in [0.1, 0.15) is 16.7 Å². The number of nitrogens with zero attached hydrogens (tertiary/aromatic N) is 4. The number of carbonyl (C=O) groups excluding carboxylic acids is 2. The van der Waals surface area contributed by atoms with Crippen molar-refractivity contribution in [3.63, 3.8) is 0 Å². The van der Waals surface area contributed by atoms with Crippen molar-refractivity contribution in [2.24, 2.45) is 13.0 Å². The van der Waals surface area contributed by atoms with Crippen LogP contribution in [0.4, 0.5) is 4.79 Å². The molecular weight excluding hydrogens is 576 g/mol. The number of carboxylic acid groups (broad SMARTS) is 1. The Labute approximate surface area is 261 Å². The number of carboxylic acids is 1. The van der Waals surface area contributed by atoms with Gasteiger partial charge in [-0.2, -0.15) is 0 Å². The normalized spacial score (nSPS) is 15.1. The van der Waals surface area contributed by atoms with E-state index >= 15 is 0 Å². The van der Waals surface area contributed by atoms with Crippen LogP contribution in [0.15, 0.2) is 54.9 Å². The first-order chi connectivity index (χ1) is 21.2. The summed E-state index contributed by atoms with van der Waals surface area (Å²) in [7, 11) is 1.95. The number of likely N-dealkylation sites (tertiary alicyclic amines) is 1. The third-order valence-electron chi connectivity index (χ3n) is 7.94. The molecule has 1 aliphatic rings. The topological polar surface area (TPSA) is 129 Å². The molecule has 1 fully saturated rings. The molecule has 44 heavy (non-hydrogen) atoms. The van der Waals surface area contributed by atoms with Crippen LogP contribution in [0, 0.1) is 5.92 Å². The largest absolute Gasteiger partial charge is 0.480 e. The van der Waals surface area contributed by atoms with Crippen LogP contribution in [0.25, 0.3) is 21.3 Å². The van der Waals surface area contributed by atoms with Gasteiger partial charge in [0.05, 0.1) is 10.9 Å². The second-order valence-corrected chi connectivity index (χ2v) is 12.9. The zero-order valence-electron chi connectivity index (χ0n) is 25.5. The van der Waals surface area contributed by atoms with Crippen LogP contribution in [0.5, 0.6) is 0 Å². The summed E-state index contributed by atoms with van der Waals surface area (Å²) < 4.78 is 2.00. The van der Waals surface area contributed by atoms with E-state index in [-0.39, 0.29) is 24.1 Å². The van der Waals surface area contributed by atoms with Gasteiger partial charge in [0.25, 0.3) is 5.91 Å². The summed E-state index contributed by atoms with van der Waals surface area (Å²) in [5.41, 5.74) is 2.53. The molecule has 0 radical (unpaired) electrons. The molecule has 0 bridgehead atoms. The molecule has 1 saturated heterocycles. The Hall–Kier alpha value is -4.25. The maximum Gasteiger partial charge on any atom is 0.326 e. The summed E-state index contributed by atoms with van der Waals surface area (Å²) >= 11 is 1.37. The lowest BCUT2D eigenvalue weighted by Crippen LogP contribution is -2.43. The van der Waals surface area contributed by atoms with E-state index in [0.717, 1.165) is 55.2 Å². The van der Waals surface area contributed by atoms with Gasteiger partial charge < -0.3 is 25.2 Å². The van der Waals surface area contributed by atoms with Crippen molar-refractivity contribution in [2.45, 2.75) is 64.5 Å². The van der Waals surface area contributed by atoms with Gasteiger partial charge in [-0.3, -0.25) is 9.78 Å². The van der Waals surface area contributed by atoms with Gasteiger partial charge in [0.2, 0.25) is 0 Å². The highest BCUT2D eigenvalue weighted by Gasteiger charge is 2.30. The number of nitrogens with one attached hydrogen (secondary N) is 2. The molecule has 4 aromatic rings. The van der Waals surface area contributed by atoms with E-state index in [1.807, 2.05) is 47.0 Å². The van der Waals surface area contributed by atoms with E-state index in [9.17, 15) is 19.5 Å². The summed E-state index contributed by atoms with van der Waals surface area (Å²) in [4.78, 5) is 51.1. The Bertz CT molecular complexity index is 1610. The first kappa shape index (κ1) is 31.2. The molecule has 4 heterocycles. The molecule has 2 atom stereocenters. The molecule has 0 spiro atoms. The average Bonchev–Trinajstić information content (AvgIpc) is 3.46. The van der Waals surface area contributed by atoms with Gasteiger partial charge in [0.15, 0.2) is 0 Å². The Morgan fingerprint density at radius 1 is 1.00 bits per heavy atom. The van der Waals surface area contributed by atoms with Gasteiger partial charge >= 0.3 is 12.0 Å². The van der Waals surface area contributed by atoms with Crippen LogP contribution in [-0.2, 0) is 18.3 Å². The Balaban J connectivity index is 1.53. The number of carbonyl (C=O) groups is 3. The highest BCUT2D eigenvalue weighted by atomic mass is 32.1. The van der Waals surface area contributed by atoms with Crippen molar-refractivity contribution in [1.82, 2.24) is 30.1 Å². The van der Waals surface area contributed by atoms with Gasteiger partial charge in [-0.25, -0.2) is 14.6 Å². The van der Waals surface area contributed by atoms with Crippen molar-refractivity contribution in [1.29, 1.82) is 0 Å². The van der Waals surface area contributed by atoms with Gasteiger partial charge in [-0.15, -0.1) is 11.3 Å². The van der Waals surface area contributed by atoms with E-state index in [1.165, 1.54) is 11.3 Å². The molecule has 0 aliphatic carbocycles. The summed E-state index contributed by atoms with van der Waals surface area (Å²) in [6.07, 6.45) is 8.44. The van der Waals surface area contributed by atoms with Crippen LogP contribution in [0.3, 0.4) is 0 Å². The number of para-hydroxylation sites is 1. The SMILES string of the molecule is CC(C)C[C@H](NC(=O)N1CCCCCC1)c1nc(C(=O)N[C@H](Cc2ccccn2)C(=O)O)c(-c2cn(C)c3ccccc23)s1. The number of aromatic nitrogens is 3. The minimum absolute atomic E-state index is 0.0321. The number of aryl methyl sites for hydroxylation is 1. The fourth-order valence-corrected chi connectivity index (χ4v) is 6.86. The molecule has 3 amide bonds. The fourth-order valence-electron chi connectivity index (χ4n) is 5.71. The first-order valence-electron chi connectivity index (χ1n) is 15.3. The molecule has 1 aliphatic heterocycles. The molecule has 5 rings (SSSR count). The Morgan fingerprint density at radius 2 is 1.73 bits per heavy atom. The zero-order valence-corrected chi connectivity index (χ0v) is 26.3. The molecule has 3 aromatic heterocycles. The number of amides is 3. The number of benzene rings is 1. The summed E-state index contributed by atoms with van der Waals surface area (Å²) in [5, 5.41) is 17.5. The quantitative estimate of drug-likeness (QED) is 0.207. The average molecular weight is 617 g/mol. The minimum atomic E-state index is -1.20. The van der Waals surface area contributed by atoms with Crippen LogP contribution in [-0.4, -0.2) is 61.6 Å². The Kier molecular flexibility index (Phi) is 9.94. The number of fused-ring (bicyclic) bond motifs is 1. The number of urea groups is 1. The fraction of sp³-hybridized carbons (Fsp3) is 0.424. The maximum absolute atomic E-state index is 13.9. The highest BCUT2D eigenvalue weighted by molar-refractivity contribution is 7.15. The van der Waals surface area contributed by atoms with E-state index < -0.39 is 24.0 Å². The van der Waals surface area contributed by atoms with Crippen LogP contribution < -0.4 is 10.6 Å². The number of pyridine rings is 1. The molecular formula is C33H40N6O4S. The second kappa shape index (κ2) is 14.0. The van der Waals surface area contributed by atoms with Crippen LogP contribution >= 0.6 is 11.3 Å². The minimum Gasteiger partial charge on any atom is -0.480 e. The number of aliphatic carboxylic acids is 1. The number of hydrogen-bond donors (Lipinski definition) is 3. The van der Waals surface area contributed by atoms with Gasteiger partial charge in [0, 0.05) is 61.1 Å². The zero-order chi connectivity index (χ0) is 31.2. The molecule has 1 aromatic carbocycles. The third kappa shape index (κ3) is 7.27. The number of rotatable bonds is 10. The van der Waals surface area contributed by atoms with Crippen molar-refractivity contribution >= 4 is 40.1 Å². The van der Waals surface area contributed by atoms with Crippen LogP contribution in [0.1, 0.15) is 73.2 Å². The van der Waals surface area contributed by atoms with Gasteiger partial charge in [-0.1, -0.05) is 51.0 Å². The van der Waals surface area contributed by atoms with Gasteiger partial charge in [-0.05, 0) is 43.4 Å². The maximum atomic E-state index is 13.9. The van der Waals surface area contributed by atoms with Crippen molar-refractivity contribution in [3.8, 4) is 10.4 Å². The lowest BCUT2D eigenvalue weighted by molar-refractivity contribution is -0.139. The lowest BCUT2D eigenvalue weighted by Gasteiger charge is -2.25. The smallest absolute Gasteiger partial charge is 0.326 e. The second-order valence-electron chi connectivity index (χ2n) is 11.8.